The van der Waals surface area contributed by atoms with Gasteiger partial charge in [-0.2, -0.15) is 0 Å². The van der Waals surface area contributed by atoms with Crippen LogP contribution < -0.4 is 4.74 Å². The Morgan fingerprint density at radius 2 is 1.78 bits per heavy atom. The van der Waals surface area contributed by atoms with Crippen molar-refractivity contribution in [2.75, 3.05) is 6.61 Å². The summed E-state index contributed by atoms with van der Waals surface area (Å²) in [6.45, 7) is 4.64. The average Bonchev–Trinajstić information content (AvgIpc) is 2.81. The van der Waals surface area contributed by atoms with E-state index in [1.54, 1.807) is 6.07 Å². The predicted octanol–water partition coefficient (Wildman–Crippen LogP) is 9.20. The van der Waals surface area contributed by atoms with Crippen molar-refractivity contribution in [3.05, 3.63) is 53.9 Å². The second kappa shape index (κ2) is 11.3. The molecule has 4 rings (SSSR count). The van der Waals surface area contributed by atoms with Crippen molar-refractivity contribution in [3.8, 4) is 5.75 Å². The van der Waals surface area contributed by atoms with Gasteiger partial charge in [0.05, 0.1) is 0 Å². The van der Waals surface area contributed by atoms with Gasteiger partial charge in [0.25, 0.3) is 0 Å². The maximum Gasteiger partial charge on any atom is 0.165 e. The minimum Gasteiger partial charge on any atom is -0.486 e. The topological polar surface area (TPSA) is 9.23 Å². The number of hydrogen-bond acceptors (Lipinski definition) is 1. The average molecular weight is 437 g/mol. The van der Waals surface area contributed by atoms with Crippen LogP contribution in [-0.4, -0.2) is 6.61 Å². The zero-order valence-electron chi connectivity index (χ0n) is 20.1. The van der Waals surface area contributed by atoms with Gasteiger partial charge in [-0.05, 0) is 91.2 Å². The highest BCUT2D eigenvalue weighted by Crippen LogP contribution is 2.48. The van der Waals surface area contributed by atoms with E-state index in [9.17, 15) is 4.39 Å². The van der Waals surface area contributed by atoms with E-state index in [0.29, 0.717) is 18.3 Å². The first-order valence-corrected chi connectivity index (χ1v) is 13.1. The standard InChI is InChI=1S/C30H41FO/c1-3-5-7-8-9-22-10-11-24-18-25(13-12-23(24)17-22)26-14-15-27-21-30(32-16-6-4-2)29(31)20-28(27)19-26/h4,6,14-15,19-25H,3,5,7-13,16-18H2,1-2H3/b6-4+. The van der Waals surface area contributed by atoms with Crippen LogP contribution in [0, 0.1) is 23.6 Å². The van der Waals surface area contributed by atoms with Crippen LogP contribution in [-0.2, 0) is 0 Å². The second-order valence-electron chi connectivity index (χ2n) is 10.3. The second-order valence-corrected chi connectivity index (χ2v) is 10.3. The lowest BCUT2D eigenvalue weighted by atomic mass is 9.63. The Kier molecular flexibility index (Phi) is 8.27. The number of allylic oxidation sites excluding steroid dienone is 1. The molecule has 0 amide bonds. The molecule has 0 saturated heterocycles. The van der Waals surface area contributed by atoms with E-state index in [-0.39, 0.29) is 5.82 Å². The summed E-state index contributed by atoms with van der Waals surface area (Å²) in [6.07, 6.45) is 19.2. The van der Waals surface area contributed by atoms with Crippen molar-refractivity contribution in [3.63, 3.8) is 0 Å². The van der Waals surface area contributed by atoms with Crippen molar-refractivity contribution in [2.45, 2.75) is 90.4 Å². The fraction of sp³-hybridized carbons (Fsp3) is 0.600. The summed E-state index contributed by atoms with van der Waals surface area (Å²) >= 11 is 0. The van der Waals surface area contributed by atoms with Crippen LogP contribution in [0.5, 0.6) is 5.75 Å². The smallest absolute Gasteiger partial charge is 0.165 e. The number of hydrogen-bond donors (Lipinski definition) is 0. The molecular formula is C30H41FO. The van der Waals surface area contributed by atoms with Crippen molar-refractivity contribution >= 4 is 10.8 Å². The maximum atomic E-state index is 14.6. The van der Waals surface area contributed by atoms with Crippen molar-refractivity contribution < 1.29 is 9.13 Å². The van der Waals surface area contributed by atoms with Gasteiger partial charge < -0.3 is 4.74 Å². The number of fused-ring (bicyclic) bond motifs is 2. The molecule has 32 heavy (non-hydrogen) atoms. The lowest BCUT2D eigenvalue weighted by Crippen LogP contribution is -2.30. The molecule has 4 atom stereocenters. The molecule has 0 bridgehead atoms. The molecule has 4 unspecified atom stereocenters. The van der Waals surface area contributed by atoms with Gasteiger partial charge in [0.1, 0.15) is 6.61 Å². The highest BCUT2D eigenvalue weighted by Gasteiger charge is 2.35. The Hall–Kier alpha value is -1.83. The fourth-order valence-corrected chi connectivity index (χ4v) is 6.28. The SMILES string of the molecule is C/C=C/COc1cc2ccc(C3CCC4CC(CCCCCC)CCC4C3)cc2cc1F. The minimum atomic E-state index is -0.264. The molecule has 0 aliphatic heterocycles. The molecule has 2 aliphatic rings. The molecule has 2 aromatic rings. The third-order valence-corrected chi connectivity index (χ3v) is 8.14. The minimum absolute atomic E-state index is 0.264. The fourth-order valence-electron chi connectivity index (χ4n) is 6.28. The van der Waals surface area contributed by atoms with E-state index in [0.717, 1.165) is 28.5 Å². The summed E-state index contributed by atoms with van der Waals surface area (Å²) in [4.78, 5) is 0. The third-order valence-electron chi connectivity index (χ3n) is 8.14. The van der Waals surface area contributed by atoms with Gasteiger partial charge in [-0.25, -0.2) is 4.39 Å². The van der Waals surface area contributed by atoms with Crippen molar-refractivity contribution in [1.82, 2.24) is 0 Å². The van der Waals surface area contributed by atoms with Crippen LogP contribution in [0.4, 0.5) is 4.39 Å². The lowest BCUT2D eigenvalue weighted by molar-refractivity contribution is 0.113. The maximum absolute atomic E-state index is 14.6. The highest BCUT2D eigenvalue weighted by atomic mass is 19.1. The summed E-state index contributed by atoms with van der Waals surface area (Å²) in [5.41, 5.74) is 1.40. The molecule has 2 aromatic carbocycles. The highest BCUT2D eigenvalue weighted by molar-refractivity contribution is 5.85. The third kappa shape index (κ3) is 5.74. The monoisotopic (exact) mass is 436 g/mol. The quantitative estimate of drug-likeness (QED) is 0.281. The van der Waals surface area contributed by atoms with Crippen LogP contribution in [0.3, 0.4) is 0 Å². The Balaban J connectivity index is 1.37. The van der Waals surface area contributed by atoms with E-state index >= 15 is 0 Å². The zero-order valence-corrected chi connectivity index (χ0v) is 20.1. The number of ether oxygens (including phenoxy) is 1. The zero-order chi connectivity index (χ0) is 22.3. The largest absolute Gasteiger partial charge is 0.486 e. The Morgan fingerprint density at radius 1 is 0.938 bits per heavy atom. The first kappa shape index (κ1) is 23.3. The molecule has 0 N–H and O–H groups in total. The predicted molar refractivity (Wildman–Crippen MR) is 134 cm³/mol. The van der Waals surface area contributed by atoms with Gasteiger partial charge in [0.2, 0.25) is 0 Å². The molecule has 0 aromatic heterocycles. The molecule has 1 nitrogen and oxygen atoms in total. The molecule has 2 aliphatic carbocycles. The van der Waals surface area contributed by atoms with E-state index in [1.165, 1.54) is 76.2 Å². The molecule has 0 spiro atoms. The Labute approximate surface area is 194 Å². The van der Waals surface area contributed by atoms with Gasteiger partial charge in [-0.15, -0.1) is 0 Å². The number of unbranched alkanes of at least 4 members (excludes halogenated alkanes) is 3. The van der Waals surface area contributed by atoms with Gasteiger partial charge >= 0.3 is 0 Å². The summed E-state index contributed by atoms with van der Waals surface area (Å²) in [5, 5.41) is 2.05. The summed E-state index contributed by atoms with van der Waals surface area (Å²) in [5.74, 6) is 3.55. The van der Waals surface area contributed by atoms with Crippen molar-refractivity contribution in [2.24, 2.45) is 17.8 Å². The molecule has 0 heterocycles. The molecule has 2 fully saturated rings. The van der Waals surface area contributed by atoms with Crippen LogP contribution in [0.2, 0.25) is 0 Å². The van der Waals surface area contributed by atoms with Crippen LogP contribution >= 0.6 is 0 Å². The van der Waals surface area contributed by atoms with Gasteiger partial charge in [0.15, 0.2) is 11.6 Å². The molecule has 0 radical (unpaired) electrons. The van der Waals surface area contributed by atoms with E-state index in [1.807, 2.05) is 25.1 Å². The summed E-state index contributed by atoms with van der Waals surface area (Å²) < 4.78 is 20.1. The van der Waals surface area contributed by atoms with E-state index in [4.69, 9.17) is 4.74 Å². The first-order valence-electron chi connectivity index (χ1n) is 13.1. The number of rotatable bonds is 9. The number of halogens is 1. The van der Waals surface area contributed by atoms with Crippen LogP contribution in [0.15, 0.2) is 42.5 Å². The first-order chi connectivity index (χ1) is 15.7. The summed E-state index contributed by atoms with van der Waals surface area (Å²) in [6, 6.07) is 10.2. The van der Waals surface area contributed by atoms with Gasteiger partial charge in [-0.1, -0.05) is 75.8 Å². The van der Waals surface area contributed by atoms with Gasteiger partial charge in [-0.3, -0.25) is 0 Å². The van der Waals surface area contributed by atoms with Crippen molar-refractivity contribution in [1.29, 1.82) is 0 Å². The normalized spacial score (nSPS) is 25.8. The van der Waals surface area contributed by atoms with Crippen LogP contribution in [0.25, 0.3) is 10.8 Å². The lowest BCUT2D eigenvalue weighted by Gasteiger charge is -2.42. The molecule has 2 heteroatoms. The van der Waals surface area contributed by atoms with E-state index in [2.05, 4.69) is 25.1 Å². The summed E-state index contributed by atoms with van der Waals surface area (Å²) in [7, 11) is 0. The number of benzene rings is 2. The Morgan fingerprint density at radius 3 is 2.62 bits per heavy atom. The Bertz CT molecular complexity index is 901. The van der Waals surface area contributed by atoms with Gasteiger partial charge in [0, 0.05) is 0 Å². The van der Waals surface area contributed by atoms with Crippen LogP contribution in [0.1, 0.15) is 96.0 Å². The molecular weight excluding hydrogens is 395 g/mol. The molecule has 174 valence electrons. The van der Waals surface area contributed by atoms with E-state index < -0.39 is 0 Å². The molecule has 2 saturated carbocycles.